The van der Waals surface area contributed by atoms with Crippen LogP contribution in [0.25, 0.3) is 0 Å². The van der Waals surface area contributed by atoms with Crippen molar-refractivity contribution in [3.63, 3.8) is 0 Å². The summed E-state index contributed by atoms with van der Waals surface area (Å²) in [5.41, 5.74) is 2.81. The van der Waals surface area contributed by atoms with Crippen LogP contribution in [0.3, 0.4) is 0 Å². The Hall–Kier alpha value is -1.79. The summed E-state index contributed by atoms with van der Waals surface area (Å²) in [5, 5.41) is 0. The second kappa shape index (κ2) is 5.51. The van der Waals surface area contributed by atoms with Crippen molar-refractivity contribution in [2.24, 2.45) is 5.84 Å². The van der Waals surface area contributed by atoms with Gasteiger partial charge in [0.2, 0.25) is 5.95 Å². The van der Waals surface area contributed by atoms with Gasteiger partial charge in [0.15, 0.2) is 0 Å². The number of nitrogens with two attached hydrogens (primary N) is 1. The molecule has 6 heteroatoms. The lowest BCUT2D eigenvalue weighted by Gasteiger charge is -2.03. The maximum absolute atomic E-state index is 11.3. The molecule has 0 atom stereocenters. The van der Waals surface area contributed by atoms with Crippen molar-refractivity contribution in [1.29, 1.82) is 0 Å². The van der Waals surface area contributed by atoms with Crippen LogP contribution in [0.4, 0.5) is 5.95 Å². The van der Waals surface area contributed by atoms with E-state index in [9.17, 15) is 4.79 Å². The number of aromatic amines is 1. The smallest absolute Gasteiger partial charge is 0.252 e. The highest BCUT2D eigenvalue weighted by molar-refractivity contribution is 7.98. The van der Waals surface area contributed by atoms with Crippen LogP contribution in [0.15, 0.2) is 46.1 Å². The zero-order valence-electron chi connectivity index (χ0n) is 9.01. The van der Waals surface area contributed by atoms with Gasteiger partial charge in [-0.15, -0.1) is 11.8 Å². The topological polar surface area (TPSA) is 83.8 Å². The molecule has 0 unspecified atom stereocenters. The van der Waals surface area contributed by atoms with Crippen molar-refractivity contribution < 1.29 is 0 Å². The third kappa shape index (κ3) is 3.33. The fourth-order valence-corrected chi connectivity index (χ4v) is 2.14. The summed E-state index contributed by atoms with van der Waals surface area (Å²) in [6, 6.07) is 11.4. The molecule has 0 saturated carbocycles. The van der Waals surface area contributed by atoms with Crippen LogP contribution >= 0.6 is 11.8 Å². The van der Waals surface area contributed by atoms with Gasteiger partial charge < -0.3 is 0 Å². The van der Waals surface area contributed by atoms with Crippen molar-refractivity contribution >= 4 is 17.7 Å². The summed E-state index contributed by atoms with van der Waals surface area (Å²) in [6.45, 7) is 0. The Labute approximate surface area is 102 Å². The van der Waals surface area contributed by atoms with Crippen LogP contribution in [0.5, 0.6) is 0 Å². The highest BCUT2D eigenvalue weighted by atomic mass is 32.2. The zero-order valence-corrected chi connectivity index (χ0v) is 9.83. The monoisotopic (exact) mass is 248 g/mol. The Bertz CT molecular complexity index is 541. The van der Waals surface area contributed by atoms with E-state index in [2.05, 4.69) is 15.4 Å². The molecule has 88 valence electrons. The summed E-state index contributed by atoms with van der Waals surface area (Å²) in [6.07, 6.45) is 0. The summed E-state index contributed by atoms with van der Waals surface area (Å²) in [7, 11) is 0. The van der Waals surface area contributed by atoms with Gasteiger partial charge in [-0.1, -0.05) is 18.2 Å². The van der Waals surface area contributed by atoms with E-state index < -0.39 is 0 Å². The van der Waals surface area contributed by atoms with Gasteiger partial charge in [0.05, 0.1) is 5.69 Å². The number of aromatic nitrogens is 2. The molecule has 0 radical (unpaired) electrons. The van der Waals surface area contributed by atoms with E-state index in [1.165, 1.54) is 6.07 Å². The quantitative estimate of drug-likeness (QED) is 0.432. The minimum absolute atomic E-state index is 0.211. The van der Waals surface area contributed by atoms with E-state index in [0.717, 1.165) is 4.90 Å². The van der Waals surface area contributed by atoms with Gasteiger partial charge in [0.25, 0.3) is 5.56 Å². The van der Waals surface area contributed by atoms with Crippen molar-refractivity contribution in [1.82, 2.24) is 9.97 Å². The first-order chi connectivity index (χ1) is 8.28. The van der Waals surface area contributed by atoms with Crippen LogP contribution in [0.1, 0.15) is 5.69 Å². The second-order valence-corrected chi connectivity index (χ2v) is 4.38. The normalized spacial score (nSPS) is 10.2. The maximum atomic E-state index is 11.3. The van der Waals surface area contributed by atoms with Crippen molar-refractivity contribution in [2.75, 3.05) is 5.43 Å². The summed E-state index contributed by atoms with van der Waals surface area (Å²) in [4.78, 5) is 19.1. The van der Waals surface area contributed by atoms with E-state index in [-0.39, 0.29) is 11.5 Å². The first kappa shape index (κ1) is 11.7. The fourth-order valence-electron chi connectivity index (χ4n) is 1.32. The lowest BCUT2D eigenvalue weighted by molar-refractivity contribution is 1.03. The molecule has 0 aliphatic heterocycles. The molecule has 0 spiro atoms. The second-order valence-electron chi connectivity index (χ2n) is 3.33. The molecule has 1 aromatic heterocycles. The predicted molar refractivity (Wildman–Crippen MR) is 68.7 cm³/mol. The Morgan fingerprint density at radius 1 is 1.35 bits per heavy atom. The lowest BCUT2D eigenvalue weighted by Crippen LogP contribution is -2.17. The third-order valence-electron chi connectivity index (χ3n) is 2.06. The number of rotatable bonds is 4. The molecule has 0 bridgehead atoms. The number of nitrogens with zero attached hydrogens (tertiary/aromatic N) is 1. The molecular weight excluding hydrogens is 236 g/mol. The van der Waals surface area contributed by atoms with E-state index in [0.29, 0.717) is 11.4 Å². The Balaban J connectivity index is 2.09. The first-order valence-electron chi connectivity index (χ1n) is 5.02. The van der Waals surface area contributed by atoms with Gasteiger partial charge in [0.1, 0.15) is 0 Å². The van der Waals surface area contributed by atoms with Gasteiger partial charge in [-0.25, -0.2) is 10.8 Å². The van der Waals surface area contributed by atoms with Gasteiger partial charge in [-0.3, -0.25) is 15.2 Å². The van der Waals surface area contributed by atoms with Crippen LogP contribution in [0.2, 0.25) is 0 Å². The maximum Gasteiger partial charge on any atom is 0.252 e. The third-order valence-corrected chi connectivity index (χ3v) is 3.11. The standard InChI is InChI=1S/C11H12N4OS/c12-15-11-13-8(6-10(16)14-11)7-17-9-4-2-1-3-5-9/h1-6H,7,12H2,(H2,13,14,15,16). The Morgan fingerprint density at radius 3 is 2.82 bits per heavy atom. The molecule has 1 aromatic carbocycles. The minimum atomic E-state index is -0.211. The van der Waals surface area contributed by atoms with E-state index >= 15 is 0 Å². The van der Waals surface area contributed by atoms with Crippen LogP contribution in [-0.2, 0) is 5.75 Å². The van der Waals surface area contributed by atoms with Crippen LogP contribution < -0.4 is 16.8 Å². The summed E-state index contributed by atoms with van der Waals surface area (Å²) < 4.78 is 0. The molecule has 1 heterocycles. The van der Waals surface area contributed by atoms with Gasteiger partial charge in [0, 0.05) is 16.7 Å². The molecule has 0 saturated heterocycles. The highest BCUT2D eigenvalue weighted by Gasteiger charge is 2.01. The van der Waals surface area contributed by atoms with E-state index in [1.807, 2.05) is 30.3 Å². The highest BCUT2D eigenvalue weighted by Crippen LogP contribution is 2.20. The number of hydrogen-bond donors (Lipinski definition) is 3. The first-order valence-corrected chi connectivity index (χ1v) is 6.01. The lowest BCUT2D eigenvalue weighted by atomic mass is 10.4. The molecule has 5 nitrogen and oxygen atoms in total. The molecule has 0 aliphatic rings. The number of nitrogens with one attached hydrogen (secondary N) is 2. The SMILES string of the molecule is NNc1nc(CSc2ccccc2)cc(=O)[nH]1. The van der Waals surface area contributed by atoms with Crippen LogP contribution in [0, 0.1) is 0 Å². The molecule has 0 aliphatic carbocycles. The zero-order chi connectivity index (χ0) is 12.1. The van der Waals surface area contributed by atoms with Crippen LogP contribution in [-0.4, -0.2) is 9.97 Å². The molecule has 17 heavy (non-hydrogen) atoms. The average Bonchev–Trinajstić information content (AvgIpc) is 2.37. The number of H-pyrrole nitrogens is 1. The number of hydrogen-bond acceptors (Lipinski definition) is 5. The number of nitrogen functional groups attached to an aromatic ring is 1. The van der Waals surface area contributed by atoms with Gasteiger partial charge in [-0.05, 0) is 12.1 Å². The number of benzene rings is 1. The Morgan fingerprint density at radius 2 is 2.12 bits per heavy atom. The summed E-state index contributed by atoms with van der Waals surface area (Å²) in [5.74, 6) is 6.11. The van der Waals surface area contributed by atoms with Gasteiger partial charge in [-0.2, -0.15) is 0 Å². The van der Waals surface area contributed by atoms with Crippen molar-refractivity contribution in [2.45, 2.75) is 10.6 Å². The molecule has 4 N–H and O–H groups in total. The number of anilines is 1. The summed E-state index contributed by atoms with van der Waals surface area (Å²) >= 11 is 1.62. The largest absolute Gasteiger partial charge is 0.294 e. The Kier molecular flexibility index (Phi) is 3.79. The molecular formula is C11H12N4OS. The van der Waals surface area contributed by atoms with Crippen molar-refractivity contribution in [3.8, 4) is 0 Å². The van der Waals surface area contributed by atoms with E-state index in [1.54, 1.807) is 11.8 Å². The fraction of sp³-hybridized carbons (Fsp3) is 0.0909. The number of hydrazine groups is 1. The predicted octanol–water partition coefficient (Wildman–Crippen LogP) is 1.35. The molecule has 0 fully saturated rings. The van der Waals surface area contributed by atoms with E-state index in [4.69, 9.17) is 5.84 Å². The molecule has 2 rings (SSSR count). The average molecular weight is 248 g/mol. The molecule has 0 amide bonds. The van der Waals surface area contributed by atoms with Crippen molar-refractivity contribution in [3.05, 3.63) is 52.4 Å². The van der Waals surface area contributed by atoms with Gasteiger partial charge >= 0.3 is 0 Å². The minimum Gasteiger partial charge on any atom is -0.294 e. The molecule has 2 aromatic rings. The number of thioether (sulfide) groups is 1.